The summed E-state index contributed by atoms with van der Waals surface area (Å²) in [6, 6.07) is 1.32. The second-order valence-electron chi connectivity index (χ2n) is 6.16. The molecule has 5 heteroatoms. The number of aryl methyl sites for hydroxylation is 1. The van der Waals surface area contributed by atoms with E-state index in [2.05, 4.69) is 5.92 Å². The lowest BCUT2D eigenvalue weighted by Crippen LogP contribution is -2.20. The van der Waals surface area contributed by atoms with E-state index in [1.807, 2.05) is 27.7 Å². The fourth-order valence-electron chi connectivity index (χ4n) is 3.10. The van der Waals surface area contributed by atoms with Crippen LogP contribution in [-0.2, 0) is 10.0 Å². The molecule has 1 aromatic rings. The summed E-state index contributed by atoms with van der Waals surface area (Å²) in [5.74, 6) is 3.49. The van der Waals surface area contributed by atoms with Crippen molar-refractivity contribution in [2.75, 3.05) is 7.11 Å². The van der Waals surface area contributed by atoms with Crippen molar-refractivity contribution in [1.82, 2.24) is 4.31 Å². The maximum Gasteiger partial charge on any atom is 0.245 e. The molecule has 0 amide bonds. The molecule has 22 heavy (non-hydrogen) atoms. The zero-order chi connectivity index (χ0) is 16.8. The van der Waals surface area contributed by atoms with Gasteiger partial charge in [-0.3, -0.25) is 0 Å². The predicted molar refractivity (Wildman–Crippen MR) is 87.5 cm³/mol. The normalized spacial score (nSPS) is 24.2. The number of rotatable bonds is 4. The van der Waals surface area contributed by atoms with Crippen molar-refractivity contribution < 1.29 is 13.2 Å². The third kappa shape index (κ3) is 2.41. The van der Waals surface area contributed by atoms with Gasteiger partial charge in [-0.25, -0.2) is 8.42 Å². The molecular weight excluding hydrogens is 298 g/mol. The molecule has 1 heterocycles. The summed E-state index contributed by atoms with van der Waals surface area (Å²) in [7, 11) is -2.01. The largest absolute Gasteiger partial charge is 0.496 e. The van der Waals surface area contributed by atoms with Crippen molar-refractivity contribution >= 4 is 10.0 Å². The Bertz CT molecular complexity index is 744. The van der Waals surface area contributed by atoms with Crippen molar-refractivity contribution in [2.24, 2.45) is 5.92 Å². The van der Waals surface area contributed by atoms with Gasteiger partial charge in [-0.15, -0.1) is 6.42 Å². The van der Waals surface area contributed by atoms with Crippen LogP contribution in [-0.4, -0.2) is 31.9 Å². The van der Waals surface area contributed by atoms with Crippen LogP contribution in [0.5, 0.6) is 5.75 Å². The molecule has 1 aromatic carbocycles. The van der Waals surface area contributed by atoms with E-state index in [-0.39, 0.29) is 18.0 Å². The number of hydrogen-bond acceptors (Lipinski definition) is 3. The number of benzene rings is 1. The van der Waals surface area contributed by atoms with Crippen LogP contribution in [0.15, 0.2) is 11.0 Å². The highest BCUT2D eigenvalue weighted by atomic mass is 32.2. The maximum absolute atomic E-state index is 13.1. The summed E-state index contributed by atoms with van der Waals surface area (Å²) in [5.41, 5.74) is 2.25. The summed E-state index contributed by atoms with van der Waals surface area (Å²) >= 11 is 0. The van der Waals surface area contributed by atoms with Crippen LogP contribution in [0.2, 0.25) is 0 Å². The van der Waals surface area contributed by atoms with Crippen LogP contribution in [0.1, 0.15) is 30.5 Å². The lowest BCUT2D eigenvalue weighted by atomic mass is 10.1. The number of sulfonamides is 1. The van der Waals surface area contributed by atoms with Crippen LogP contribution in [0, 0.1) is 39.0 Å². The van der Waals surface area contributed by atoms with Gasteiger partial charge in [0.1, 0.15) is 11.8 Å². The highest BCUT2D eigenvalue weighted by Gasteiger charge is 2.56. The zero-order valence-electron chi connectivity index (χ0n) is 14.0. The Morgan fingerprint density at radius 2 is 1.86 bits per heavy atom. The van der Waals surface area contributed by atoms with Gasteiger partial charge in [-0.2, -0.15) is 4.31 Å². The van der Waals surface area contributed by atoms with Crippen LogP contribution in [0.4, 0.5) is 0 Å². The summed E-state index contributed by atoms with van der Waals surface area (Å²) in [6.07, 6.45) is 5.50. The molecule has 120 valence electrons. The Morgan fingerprint density at radius 1 is 1.27 bits per heavy atom. The second-order valence-corrected chi connectivity index (χ2v) is 7.94. The van der Waals surface area contributed by atoms with E-state index in [0.717, 1.165) is 11.1 Å². The molecule has 0 aromatic heterocycles. The number of nitrogens with zero attached hydrogens (tertiary/aromatic N) is 1. The molecule has 0 bridgehead atoms. The van der Waals surface area contributed by atoms with Gasteiger partial charge < -0.3 is 4.74 Å². The van der Waals surface area contributed by atoms with E-state index in [4.69, 9.17) is 11.2 Å². The van der Waals surface area contributed by atoms with Gasteiger partial charge in [0.15, 0.2) is 0 Å². The fourth-order valence-corrected chi connectivity index (χ4v) is 5.43. The smallest absolute Gasteiger partial charge is 0.245 e. The number of hydrogen-bond donors (Lipinski definition) is 0. The van der Waals surface area contributed by atoms with E-state index < -0.39 is 10.0 Å². The first-order chi connectivity index (χ1) is 10.2. The fraction of sp³-hybridized carbons (Fsp3) is 0.529. The molecule has 0 radical (unpaired) electrons. The van der Waals surface area contributed by atoms with Gasteiger partial charge in [-0.1, -0.05) is 19.8 Å². The minimum absolute atomic E-state index is 0.115. The Hall–Kier alpha value is -1.51. The van der Waals surface area contributed by atoms with Crippen molar-refractivity contribution in [3.8, 4) is 18.1 Å². The first kappa shape index (κ1) is 16.9. The average molecular weight is 321 g/mol. The van der Waals surface area contributed by atoms with E-state index in [1.54, 1.807) is 20.1 Å². The molecule has 2 rings (SSSR count). The third-order valence-corrected chi connectivity index (χ3v) is 6.56. The summed E-state index contributed by atoms with van der Waals surface area (Å²) < 4.78 is 32.9. The molecule has 1 aliphatic rings. The predicted octanol–water partition coefficient (Wildman–Crippen LogP) is 2.65. The number of methoxy groups -OCH3 is 1. The van der Waals surface area contributed by atoms with Gasteiger partial charge in [0.25, 0.3) is 0 Å². The molecule has 1 saturated heterocycles. The van der Waals surface area contributed by atoms with Crippen molar-refractivity contribution in [3.05, 3.63) is 22.8 Å². The second kappa shape index (κ2) is 5.60. The monoisotopic (exact) mass is 321 g/mol. The van der Waals surface area contributed by atoms with Gasteiger partial charge in [-0.05, 0) is 49.4 Å². The van der Waals surface area contributed by atoms with Gasteiger partial charge >= 0.3 is 0 Å². The molecule has 1 fully saturated rings. The van der Waals surface area contributed by atoms with Crippen LogP contribution >= 0.6 is 0 Å². The van der Waals surface area contributed by atoms with Crippen LogP contribution in [0.3, 0.4) is 0 Å². The Kier molecular flexibility index (Phi) is 4.29. The minimum Gasteiger partial charge on any atom is -0.496 e. The van der Waals surface area contributed by atoms with E-state index in [9.17, 15) is 8.42 Å². The lowest BCUT2D eigenvalue weighted by molar-refractivity contribution is 0.410. The molecule has 0 spiro atoms. The highest BCUT2D eigenvalue weighted by molar-refractivity contribution is 7.89. The van der Waals surface area contributed by atoms with Crippen molar-refractivity contribution in [1.29, 1.82) is 0 Å². The molecule has 0 N–H and O–H groups in total. The SMILES string of the molecule is C#C[C@H]1[C@H](C(C)C)N1S(=O)(=O)c1c(C)cc(OC)c(C)c1C. The first-order valence-corrected chi connectivity index (χ1v) is 8.76. The first-order valence-electron chi connectivity index (χ1n) is 7.32. The van der Waals surface area contributed by atoms with E-state index in [1.165, 1.54) is 4.31 Å². The Labute approximate surface area is 133 Å². The molecule has 3 atom stereocenters. The van der Waals surface area contributed by atoms with Crippen LogP contribution < -0.4 is 4.74 Å². The van der Waals surface area contributed by atoms with Gasteiger partial charge in [0, 0.05) is 0 Å². The topological polar surface area (TPSA) is 46.4 Å². The summed E-state index contributed by atoms with van der Waals surface area (Å²) in [5, 5.41) is 0. The Balaban J connectivity index is 2.58. The Morgan fingerprint density at radius 3 is 2.27 bits per heavy atom. The molecule has 0 aliphatic carbocycles. The van der Waals surface area contributed by atoms with Gasteiger partial charge in [0.05, 0.1) is 18.0 Å². The maximum atomic E-state index is 13.1. The number of terminal acetylenes is 1. The summed E-state index contributed by atoms with van der Waals surface area (Å²) in [4.78, 5) is 0.356. The van der Waals surface area contributed by atoms with Gasteiger partial charge in [0.2, 0.25) is 10.0 Å². The number of ether oxygens (including phenoxy) is 1. The third-order valence-electron chi connectivity index (χ3n) is 4.39. The van der Waals surface area contributed by atoms with Crippen LogP contribution in [0.25, 0.3) is 0 Å². The zero-order valence-corrected chi connectivity index (χ0v) is 14.8. The van der Waals surface area contributed by atoms with E-state index >= 15 is 0 Å². The standard InChI is InChI=1S/C17H23NO3S/c1-8-14-16(10(2)3)18(14)22(19,20)17-11(4)9-15(21-7)12(5)13(17)6/h1,9-10,14,16H,2-7H3/t14-,16-,18?/m0/s1. The lowest BCUT2D eigenvalue weighted by Gasteiger charge is -2.17. The summed E-state index contributed by atoms with van der Waals surface area (Å²) in [6.45, 7) is 9.46. The average Bonchev–Trinajstić information content (AvgIpc) is 3.18. The molecule has 1 aliphatic heterocycles. The molecular formula is C17H23NO3S. The van der Waals surface area contributed by atoms with Crippen molar-refractivity contribution in [2.45, 2.75) is 51.6 Å². The molecule has 4 nitrogen and oxygen atoms in total. The highest BCUT2D eigenvalue weighted by Crippen LogP contribution is 2.42. The molecule has 1 unspecified atom stereocenters. The quantitative estimate of drug-likeness (QED) is 0.633. The minimum atomic E-state index is -3.59. The van der Waals surface area contributed by atoms with Crippen molar-refractivity contribution in [3.63, 3.8) is 0 Å². The molecule has 0 saturated carbocycles. The van der Waals surface area contributed by atoms with E-state index in [0.29, 0.717) is 16.2 Å².